The highest BCUT2D eigenvalue weighted by Crippen LogP contribution is 2.14. The predicted octanol–water partition coefficient (Wildman–Crippen LogP) is 1.42. The molecule has 0 aliphatic heterocycles. The highest BCUT2D eigenvalue weighted by atomic mass is 19.3. The molecule has 5 heteroatoms. The number of pyridine rings is 1. The number of aromatic nitrogens is 1. The molecule has 0 saturated heterocycles. The van der Waals surface area contributed by atoms with Crippen molar-refractivity contribution in [1.29, 1.82) is 0 Å². The number of alkyl halides is 2. The minimum Gasteiger partial charge on any atom is -0.383 e. The summed E-state index contributed by atoms with van der Waals surface area (Å²) in [4.78, 5) is 14.5. The van der Waals surface area contributed by atoms with Crippen LogP contribution in [0.15, 0.2) is 12.3 Å². The lowest BCUT2D eigenvalue weighted by Crippen LogP contribution is -2.13. The van der Waals surface area contributed by atoms with Crippen LogP contribution in [-0.4, -0.2) is 17.2 Å². The second-order valence-electron chi connectivity index (χ2n) is 2.61. The zero-order valence-electron chi connectivity index (χ0n) is 6.92. The number of ketones is 1. The number of halogens is 2. The first-order valence-corrected chi connectivity index (χ1v) is 3.57. The standard InChI is InChI=1S/C8H8F2N2O/c1-4-2-5(6(13)7(9)10)8(11)12-3-4/h2-3,7H,1H3,(H2,11,12). The van der Waals surface area contributed by atoms with E-state index in [0.717, 1.165) is 0 Å². The number of carbonyl (C=O) groups is 1. The van der Waals surface area contributed by atoms with E-state index in [-0.39, 0.29) is 11.4 Å². The molecule has 13 heavy (non-hydrogen) atoms. The van der Waals surface area contributed by atoms with Gasteiger partial charge in [0, 0.05) is 6.20 Å². The fraction of sp³-hybridized carbons (Fsp3) is 0.250. The lowest BCUT2D eigenvalue weighted by atomic mass is 10.1. The predicted molar refractivity (Wildman–Crippen MR) is 43.7 cm³/mol. The second kappa shape index (κ2) is 3.47. The van der Waals surface area contributed by atoms with E-state index in [4.69, 9.17) is 5.73 Å². The van der Waals surface area contributed by atoms with Crippen molar-refractivity contribution in [1.82, 2.24) is 4.98 Å². The van der Waals surface area contributed by atoms with Crippen molar-refractivity contribution in [2.75, 3.05) is 5.73 Å². The van der Waals surface area contributed by atoms with Gasteiger partial charge in [0.2, 0.25) is 5.78 Å². The lowest BCUT2D eigenvalue weighted by Gasteiger charge is -2.03. The van der Waals surface area contributed by atoms with E-state index in [1.165, 1.54) is 12.3 Å². The van der Waals surface area contributed by atoms with E-state index in [1.807, 2.05) is 0 Å². The zero-order chi connectivity index (χ0) is 10.0. The lowest BCUT2D eigenvalue weighted by molar-refractivity contribution is 0.0679. The van der Waals surface area contributed by atoms with E-state index in [2.05, 4.69) is 4.98 Å². The maximum absolute atomic E-state index is 12.0. The van der Waals surface area contributed by atoms with Crippen LogP contribution in [0, 0.1) is 6.92 Å². The summed E-state index contributed by atoms with van der Waals surface area (Å²) < 4.78 is 24.0. The van der Waals surface area contributed by atoms with Gasteiger partial charge < -0.3 is 5.73 Å². The highest BCUT2D eigenvalue weighted by molar-refractivity contribution is 6.02. The van der Waals surface area contributed by atoms with Gasteiger partial charge in [-0.15, -0.1) is 0 Å². The van der Waals surface area contributed by atoms with Crippen LogP contribution in [0.25, 0.3) is 0 Å². The summed E-state index contributed by atoms with van der Waals surface area (Å²) in [6.45, 7) is 1.65. The summed E-state index contributed by atoms with van der Waals surface area (Å²) in [7, 11) is 0. The van der Waals surface area contributed by atoms with E-state index in [0.29, 0.717) is 5.56 Å². The molecular weight excluding hydrogens is 178 g/mol. The van der Waals surface area contributed by atoms with Crippen LogP contribution >= 0.6 is 0 Å². The maximum atomic E-state index is 12.0. The maximum Gasteiger partial charge on any atom is 0.300 e. The average molecular weight is 186 g/mol. The van der Waals surface area contributed by atoms with Crippen molar-refractivity contribution in [2.24, 2.45) is 0 Å². The number of aryl methyl sites for hydroxylation is 1. The molecule has 0 spiro atoms. The Morgan fingerprint density at radius 2 is 2.23 bits per heavy atom. The smallest absolute Gasteiger partial charge is 0.300 e. The number of Topliss-reactive ketones (excluding diaryl/α,β-unsaturated/α-hetero) is 1. The topological polar surface area (TPSA) is 56.0 Å². The monoisotopic (exact) mass is 186 g/mol. The number of nitrogens with two attached hydrogens (primary N) is 1. The van der Waals surface area contributed by atoms with Crippen LogP contribution in [0.1, 0.15) is 15.9 Å². The molecule has 0 aliphatic carbocycles. The van der Waals surface area contributed by atoms with Gasteiger partial charge in [-0.2, -0.15) is 0 Å². The molecule has 0 bridgehead atoms. The Hall–Kier alpha value is -1.52. The molecule has 0 aliphatic rings. The van der Waals surface area contributed by atoms with E-state index >= 15 is 0 Å². The quantitative estimate of drug-likeness (QED) is 0.710. The molecule has 1 aromatic rings. The van der Waals surface area contributed by atoms with Gasteiger partial charge in [0.25, 0.3) is 0 Å². The van der Waals surface area contributed by atoms with Crippen LogP contribution in [0.4, 0.5) is 14.6 Å². The highest BCUT2D eigenvalue weighted by Gasteiger charge is 2.20. The van der Waals surface area contributed by atoms with Gasteiger partial charge in [-0.1, -0.05) is 0 Å². The van der Waals surface area contributed by atoms with Gasteiger partial charge in [0.1, 0.15) is 5.82 Å². The summed E-state index contributed by atoms with van der Waals surface area (Å²) in [5.74, 6) is -1.44. The van der Waals surface area contributed by atoms with Gasteiger partial charge in [-0.25, -0.2) is 13.8 Å². The number of hydrogen-bond acceptors (Lipinski definition) is 3. The first kappa shape index (κ1) is 9.57. The first-order valence-electron chi connectivity index (χ1n) is 3.57. The summed E-state index contributed by atoms with van der Waals surface area (Å²) >= 11 is 0. The van der Waals surface area contributed by atoms with Crippen LogP contribution in [0.3, 0.4) is 0 Å². The third kappa shape index (κ3) is 1.99. The molecule has 0 radical (unpaired) electrons. The third-order valence-corrected chi connectivity index (χ3v) is 1.52. The fourth-order valence-electron chi connectivity index (χ4n) is 0.895. The minimum atomic E-state index is -3.04. The number of nitrogen functional groups attached to an aromatic ring is 1. The van der Waals surface area contributed by atoms with Crippen molar-refractivity contribution in [2.45, 2.75) is 13.3 Å². The Morgan fingerprint density at radius 3 is 2.77 bits per heavy atom. The van der Waals surface area contributed by atoms with Crippen molar-refractivity contribution >= 4 is 11.6 Å². The number of nitrogens with zero attached hydrogens (tertiary/aromatic N) is 1. The summed E-state index contributed by atoms with van der Waals surface area (Å²) in [6.07, 6.45) is -1.62. The molecule has 0 atom stereocenters. The van der Waals surface area contributed by atoms with Crippen LogP contribution in [0.5, 0.6) is 0 Å². The molecule has 2 N–H and O–H groups in total. The first-order chi connectivity index (χ1) is 6.02. The van der Waals surface area contributed by atoms with Crippen LogP contribution in [0.2, 0.25) is 0 Å². The molecule has 0 saturated carbocycles. The Kier molecular flexibility index (Phi) is 2.55. The Balaban J connectivity index is 3.13. The van der Waals surface area contributed by atoms with Gasteiger partial charge in [0.15, 0.2) is 0 Å². The molecule has 1 aromatic heterocycles. The molecule has 0 unspecified atom stereocenters. The van der Waals surface area contributed by atoms with E-state index < -0.39 is 12.2 Å². The molecule has 1 heterocycles. The Bertz CT molecular complexity index is 339. The van der Waals surface area contributed by atoms with Gasteiger partial charge >= 0.3 is 6.43 Å². The van der Waals surface area contributed by atoms with Crippen LogP contribution in [-0.2, 0) is 0 Å². The van der Waals surface area contributed by atoms with Crippen LogP contribution < -0.4 is 5.73 Å². The molecule has 0 aromatic carbocycles. The molecule has 70 valence electrons. The van der Waals surface area contributed by atoms with Gasteiger partial charge in [0.05, 0.1) is 5.56 Å². The summed E-state index contributed by atoms with van der Waals surface area (Å²) in [6, 6.07) is 1.30. The van der Waals surface area contributed by atoms with E-state index in [9.17, 15) is 13.6 Å². The number of rotatable bonds is 2. The van der Waals surface area contributed by atoms with Gasteiger partial charge in [-0.05, 0) is 18.6 Å². The normalized spacial score (nSPS) is 10.5. The average Bonchev–Trinajstić information content (AvgIpc) is 2.08. The minimum absolute atomic E-state index is 0.157. The number of anilines is 1. The molecular formula is C8H8F2N2O. The molecule has 1 rings (SSSR count). The Labute approximate surface area is 73.6 Å². The third-order valence-electron chi connectivity index (χ3n) is 1.52. The van der Waals surface area contributed by atoms with Crippen molar-refractivity contribution < 1.29 is 13.6 Å². The largest absolute Gasteiger partial charge is 0.383 e. The van der Waals surface area contributed by atoms with Crippen molar-refractivity contribution in [3.05, 3.63) is 23.4 Å². The molecule has 0 fully saturated rings. The van der Waals surface area contributed by atoms with Crippen molar-refractivity contribution in [3.63, 3.8) is 0 Å². The summed E-state index contributed by atoms with van der Waals surface area (Å²) in [5, 5.41) is 0. The number of hydrogen-bond donors (Lipinski definition) is 1. The fourth-order valence-corrected chi connectivity index (χ4v) is 0.895. The Morgan fingerprint density at radius 1 is 1.62 bits per heavy atom. The van der Waals surface area contributed by atoms with Crippen molar-refractivity contribution in [3.8, 4) is 0 Å². The molecule has 3 nitrogen and oxygen atoms in total. The van der Waals surface area contributed by atoms with E-state index in [1.54, 1.807) is 6.92 Å². The SMILES string of the molecule is Cc1cnc(N)c(C(=O)C(F)F)c1. The number of carbonyl (C=O) groups excluding carboxylic acids is 1. The van der Waals surface area contributed by atoms with Gasteiger partial charge in [-0.3, -0.25) is 4.79 Å². The zero-order valence-corrected chi connectivity index (χ0v) is 6.92. The molecule has 0 amide bonds. The second-order valence-corrected chi connectivity index (χ2v) is 2.61. The summed E-state index contributed by atoms with van der Waals surface area (Å²) in [5.41, 5.74) is 5.67.